The van der Waals surface area contributed by atoms with Crippen molar-refractivity contribution < 1.29 is 0 Å². The Hall–Kier alpha value is -0.150. The second-order valence-corrected chi connectivity index (χ2v) is 3.62. The first-order valence-electron chi connectivity index (χ1n) is 3.90. The molecule has 1 rings (SSSR count). The van der Waals surface area contributed by atoms with Gasteiger partial charge in [-0.05, 0) is 19.8 Å². The number of rotatable bonds is 0. The van der Waals surface area contributed by atoms with Gasteiger partial charge < -0.3 is 0 Å². The van der Waals surface area contributed by atoms with Gasteiger partial charge in [0.2, 0.25) is 0 Å². The van der Waals surface area contributed by atoms with E-state index in [0.717, 1.165) is 12.8 Å². The second-order valence-electron chi connectivity index (χ2n) is 2.90. The number of alkyl halides is 1. The van der Waals surface area contributed by atoms with Gasteiger partial charge in [0.1, 0.15) is 4.87 Å². The van der Waals surface area contributed by atoms with Gasteiger partial charge in [-0.25, -0.2) is 0 Å². The van der Waals surface area contributed by atoms with Crippen LogP contribution in [0.4, 0.5) is 0 Å². The van der Waals surface area contributed by atoms with Crippen molar-refractivity contribution in [2.45, 2.75) is 43.9 Å². The molecule has 1 saturated carbocycles. The standard InChI is InChI=1S/C9H13Cl/c1-2-6-9(10)7-4-3-5-8-9/h3-5,7-8H2,1H3. The minimum atomic E-state index is -0.160. The van der Waals surface area contributed by atoms with Crippen LogP contribution in [-0.2, 0) is 0 Å². The van der Waals surface area contributed by atoms with Crippen molar-refractivity contribution >= 4 is 11.6 Å². The van der Waals surface area contributed by atoms with Gasteiger partial charge in [0.05, 0.1) is 0 Å². The summed E-state index contributed by atoms with van der Waals surface area (Å²) in [6.07, 6.45) is 5.99. The van der Waals surface area contributed by atoms with Crippen LogP contribution in [0.25, 0.3) is 0 Å². The molecule has 0 aromatic carbocycles. The molecule has 0 unspecified atom stereocenters. The van der Waals surface area contributed by atoms with Crippen LogP contribution in [0.1, 0.15) is 39.0 Å². The summed E-state index contributed by atoms with van der Waals surface area (Å²) in [7, 11) is 0. The Balaban J connectivity index is 2.53. The van der Waals surface area contributed by atoms with E-state index in [9.17, 15) is 0 Å². The highest BCUT2D eigenvalue weighted by Gasteiger charge is 2.26. The fourth-order valence-electron chi connectivity index (χ4n) is 1.46. The molecule has 1 aliphatic rings. The second kappa shape index (κ2) is 3.30. The first-order valence-corrected chi connectivity index (χ1v) is 4.27. The molecule has 0 radical (unpaired) electrons. The van der Waals surface area contributed by atoms with E-state index >= 15 is 0 Å². The molecule has 0 aromatic rings. The number of hydrogen-bond acceptors (Lipinski definition) is 0. The molecule has 0 aromatic heterocycles. The van der Waals surface area contributed by atoms with E-state index in [4.69, 9.17) is 11.6 Å². The van der Waals surface area contributed by atoms with Gasteiger partial charge in [0.15, 0.2) is 0 Å². The fourth-order valence-corrected chi connectivity index (χ4v) is 1.82. The van der Waals surface area contributed by atoms with Gasteiger partial charge >= 0.3 is 0 Å². The van der Waals surface area contributed by atoms with E-state index in [2.05, 4.69) is 11.8 Å². The molecule has 1 aliphatic carbocycles. The first kappa shape index (κ1) is 7.95. The number of hydrogen-bond donors (Lipinski definition) is 0. The van der Waals surface area contributed by atoms with Crippen molar-refractivity contribution in [2.75, 3.05) is 0 Å². The molecule has 56 valence electrons. The third-order valence-corrected chi connectivity index (χ3v) is 2.47. The summed E-state index contributed by atoms with van der Waals surface area (Å²) in [4.78, 5) is -0.160. The summed E-state index contributed by atoms with van der Waals surface area (Å²) in [5.74, 6) is 5.97. The average molecular weight is 157 g/mol. The van der Waals surface area contributed by atoms with Crippen LogP contribution in [0.3, 0.4) is 0 Å². The molecule has 0 heterocycles. The number of halogens is 1. The maximum Gasteiger partial charge on any atom is 0.105 e. The van der Waals surface area contributed by atoms with Gasteiger partial charge in [0, 0.05) is 0 Å². The predicted molar refractivity (Wildman–Crippen MR) is 45.1 cm³/mol. The zero-order valence-electron chi connectivity index (χ0n) is 6.41. The molecule has 0 aliphatic heterocycles. The normalized spacial score (nSPS) is 23.0. The highest BCUT2D eigenvalue weighted by Crippen LogP contribution is 2.33. The topological polar surface area (TPSA) is 0 Å². The van der Waals surface area contributed by atoms with E-state index in [1.807, 2.05) is 6.92 Å². The Morgan fingerprint density at radius 2 is 1.80 bits per heavy atom. The molecule has 10 heavy (non-hydrogen) atoms. The Bertz CT molecular complexity index is 155. The Morgan fingerprint density at radius 1 is 1.20 bits per heavy atom. The van der Waals surface area contributed by atoms with Crippen LogP contribution in [-0.4, -0.2) is 4.87 Å². The van der Waals surface area contributed by atoms with Gasteiger partial charge in [-0.1, -0.05) is 25.2 Å². The van der Waals surface area contributed by atoms with Crippen molar-refractivity contribution in [1.82, 2.24) is 0 Å². The smallest absolute Gasteiger partial charge is 0.105 e. The van der Waals surface area contributed by atoms with Crippen LogP contribution in [0.5, 0.6) is 0 Å². The summed E-state index contributed by atoms with van der Waals surface area (Å²) in [5.41, 5.74) is 0. The van der Waals surface area contributed by atoms with Crippen LogP contribution in [0, 0.1) is 11.8 Å². The highest BCUT2D eigenvalue weighted by molar-refractivity contribution is 6.26. The molecule has 0 bridgehead atoms. The Labute approximate surface area is 68.0 Å². The van der Waals surface area contributed by atoms with Crippen molar-refractivity contribution in [1.29, 1.82) is 0 Å². The lowest BCUT2D eigenvalue weighted by Crippen LogP contribution is -2.22. The van der Waals surface area contributed by atoms with Crippen LogP contribution >= 0.6 is 11.6 Å². The molecule has 1 heteroatoms. The lowest BCUT2D eigenvalue weighted by atomic mass is 9.89. The van der Waals surface area contributed by atoms with Gasteiger partial charge in [-0.2, -0.15) is 0 Å². The highest BCUT2D eigenvalue weighted by atomic mass is 35.5. The summed E-state index contributed by atoms with van der Waals surface area (Å²) >= 11 is 6.20. The third kappa shape index (κ3) is 1.92. The lowest BCUT2D eigenvalue weighted by molar-refractivity contribution is 0.455. The molecular weight excluding hydrogens is 144 g/mol. The van der Waals surface area contributed by atoms with Crippen molar-refractivity contribution in [3.63, 3.8) is 0 Å². The average Bonchev–Trinajstić information content (AvgIpc) is 1.89. The summed E-state index contributed by atoms with van der Waals surface area (Å²) < 4.78 is 0. The molecule has 0 N–H and O–H groups in total. The minimum absolute atomic E-state index is 0.160. The molecule has 0 spiro atoms. The molecule has 0 atom stereocenters. The van der Waals surface area contributed by atoms with Crippen molar-refractivity contribution in [3.8, 4) is 11.8 Å². The van der Waals surface area contributed by atoms with E-state index in [1.54, 1.807) is 0 Å². The zero-order chi connectivity index (χ0) is 7.45. The molecule has 0 amide bonds. The van der Waals surface area contributed by atoms with E-state index in [0.29, 0.717) is 0 Å². The van der Waals surface area contributed by atoms with Gasteiger partial charge in [0.25, 0.3) is 0 Å². The first-order chi connectivity index (χ1) is 4.77. The van der Waals surface area contributed by atoms with E-state index in [-0.39, 0.29) is 4.87 Å². The molecule has 0 saturated heterocycles. The predicted octanol–water partition coefficient (Wildman–Crippen LogP) is 2.95. The maximum absolute atomic E-state index is 6.20. The van der Waals surface area contributed by atoms with Crippen molar-refractivity contribution in [2.24, 2.45) is 0 Å². The minimum Gasteiger partial charge on any atom is -0.105 e. The van der Waals surface area contributed by atoms with Crippen molar-refractivity contribution in [3.05, 3.63) is 0 Å². The lowest BCUT2D eigenvalue weighted by Gasteiger charge is -2.25. The van der Waals surface area contributed by atoms with E-state index in [1.165, 1.54) is 19.3 Å². The van der Waals surface area contributed by atoms with Gasteiger partial charge in [-0.3, -0.25) is 0 Å². The largest absolute Gasteiger partial charge is 0.105 e. The SMILES string of the molecule is CC#CC1(Cl)CCCCC1. The Kier molecular flexibility index (Phi) is 2.63. The molecule has 0 nitrogen and oxygen atoms in total. The summed E-state index contributed by atoms with van der Waals surface area (Å²) in [5, 5.41) is 0. The van der Waals surface area contributed by atoms with E-state index < -0.39 is 0 Å². The Morgan fingerprint density at radius 3 is 2.30 bits per heavy atom. The fraction of sp³-hybridized carbons (Fsp3) is 0.778. The van der Waals surface area contributed by atoms with Crippen LogP contribution < -0.4 is 0 Å². The third-order valence-electron chi connectivity index (χ3n) is 2.00. The summed E-state index contributed by atoms with van der Waals surface area (Å²) in [6.45, 7) is 1.86. The van der Waals surface area contributed by atoms with Crippen LogP contribution in [0.2, 0.25) is 0 Å². The molecular formula is C9H13Cl. The monoisotopic (exact) mass is 156 g/mol. The van der Waals surface area contributed by atoms with Crippen LogP contribution in [0.15, 0.2) is 0 Å². The zero-order valence-corrected chi connectivity index (χ0v) is 7.17. The quantitative estimate of drug-likeness (QED) is 0.374. The molecule has 1 fully saturated rings. The maximum atomic E-state index is 6.20. The summed E-state index contributed by atoms with van der Waals surface area (Å²) in [6, 6.07) is 0. The van der Waals surface area contributed by atoms with Gasteiger partial charge in [-0.15, -0.1) is 17.5 Å².